The average molecular weight is 561 g/mol. The number of hydrogen-bond acceptors (Lipinski definition) is 4. The molecule has 9 heteroatoms. The predicted molar refractivity (Wildman–Crippen MR) is 156 cm³/mol. The Kier molecular flexibility index (Phi) is 8.66. The number of nitrogens with two attached hydrogens (primary N) is 1. The van der Waals surface area contributed by atoms with Gasteiger partial charge in [-0.3, -0.25) is 14.5 Å². The molecule has 0 radical (unpaired) electrons. The van der Waals surface area contributed by atoms with Crippen LogP contribution in [-0.4, -0.2) is 46.6 Å². The van der Waals surface area contributed by atoms with E-state index < -0.39 is 35.4 Å². The first-order valence-corrected chi connectivity index (χ1v) is 13.6. The van der Waals surface area contributed by atoms with Crippen molar-refractivity contribution in [3.05, 3.63) is 95.8 Å². The largest absolute Gasteiger partial charge is 0.497 e. The highest BCUT2D eigenvalue weighted by molar-refractivity contribution is 6.00. The second-order valence-corrected chi connectivity index (χ2v) is 11.3. The van der Waals surface area contributed by atoms with E-state index in [1.54, 1.807) is 36.4 Å². The van der Waals surface area contributed by atoms with Crippen molar-refractivity contribution in [1.82, 2.24) is 10.0 Å². The Morgan fingerprint density at radius 3 is 2.20 bits per heavy atom. The normalized spacial score (nSPS) is 19.3. The molecule has 41 heavy (non-hydrogen) atoms. The van der Waals surface area contributed by atoms with Gasteiger partial charge in [0.05, 0.1) is 24.4 Å². The van der Waals surface area contributed by atoms with E-state index in [0.29, 0.717) is 23.4 Å². The fourth-order valence-electron chi connectivity index (χ4n) is 5.75. The topological polar surface area (TPSA) is 96.2 Å². The van der Waals surface area contributed by atoms with E-state index >= 15 is 0 Å². The van der Waals surface area contributed by atoms with Crippen molar-refractivity contribution in [3.63, 3.8) is 0 Å². The Morgan fingerprint density at radius 2 is 1.61 bits per heavy atom. The second-order valence-electron chi connectivity index (χ2n) is 11.3. The molecule has 4 amide bonds. The summed E-state index contributed by atoms with van der Waals surface area (Å²) in [5, 5.41) is 2.83. The summed E-state index contributed by atoms with van der Waals surface area (Å²) < 4.78 is 20.0. The van der Waals surface area contributed by atoms with Crippen LogP contribution in [0.15, 0.2) is 78.9 Å². The molecule has 3 aromatic rings. The number of benzene rings is 3. The van der Waals surface area contributed by atoms with Crippen LogP contribution < -0.4 is 15.4 Å². The van der Waals surface area contributed by atoms with Crippen molar-refractivity contribution in [3.8, 4) is 5.75 Å². The Morgan fingerprint density at radius 1 is 0.951 bits per heavy atom. The molecule has 1 aliphatic heterocycles. The molecule has 0 bridgehead atoms. The molecule has 1 unspecified atom stereocenters. The van der Waals surface area contributed by atoms with E-state index in [-0.39, 0.29) is 18.2 Å². The molecular formula is C32H37FN4O4. The smallest absolute Gasteiger partial charge is 0.320 e. The summed E-state index contributed by atoms with van der Waals surface area (Å²) in [6.07, 6.45) is 0.599. The molecule has 2 N–H and O–H groups in total. The Hall–Kier alpha value is -4.40. The lowest BCUT2D eigenvalue weighted by Gasteiger charge is -2.47. The summed E-state index contributed by atoms with van der Waals surface area (Å²) in [7, 11) is 1.51. The molecule has 3 atom stereocenters. The van der Waals surface area contributed by atoms with Crippen LogP contribution in [0, 0.1) is 5.82 Å². The van der Waals surface area contributed by atoms with Crippen LogP contribution in [0.2, 0.25) is 0 Å². The number of amides is 4. The number of rotatable bonds is 6. The number of primary amides is 1. The lowest BCUT2D eigenvalue weighted by molar-refractivity contribution is -0.181. The zero-order chi connectivity index (χ0) is 29.9. The Bertz CT molecular complexity index is 1410. The lowest BCUT2D eigenvalue weighted by Crippen LogP contribution is -2.62. The summed E-state index contributed by atoms with van der Waals surface area (Å²) in [5.41, 5.74) is 7.03. The fourth-order valence-corrected chi connectivity index (χ4v) is 5.75. The number of methoxy groups -OCH3 is 1. The first kappa shape index (κ1) is 29.6. The third-order valence-corrected chi connectivity index (χ3v) is 7.36. The summed E-state index contributed by atoms with van der Waals surface area (Å²) in [6, 6.07) is 19.9. The molecule has 1 aliphatic rings. The minimum atomic E-state index is -1.08. The highest BCUT2D eigenvalue weighted by Gasteiger charge is 2.47. The predicted octanol–water partition coefficient (Wildman–Crippen LogP) is 5.80. The van der Waals surface area contributed by atoms with Crippen molar-refractivity contribution in [2.75, 3.05) is 12.0 Å². The second kappa shape index (κ2) is 12.0. The maximum Gasteiger partial charge on any atom is 0.320 e. The first-order valence-electron chi connectivity index (χ1n) is 13.6. The monoisotopic (exact) mass is 560 g/mol. The van der Waals surface area contributed by atoms with Crippen molar-refractivity contribution < 1.29 is 23.5 Å². The zero-order valence-corrected chi connectivity index (χ0v) is 24.1. The summed E-state index contributed by atoms with van der Waals surface area (Å²) in [6.45, 7) is 6.87. The van der Waals surface area contributed by atoms with E-state index in [4.69, 9.17) is 10.5 Å². The SMILES string of the molecule is COc1cccc(N(C(N)=O)[C@@H]2C[C@H](c3ccccc3)CC(c3cccc(F)c3)N(N(C(C)=O)C(C)(C)C)C2=O)c1. The molecule has 0 saturated carbocycles. The number of carbonyl (C=O) groups is 3. The van der Waals surface area contributed by atoms with Gasteiger partial charge in [-0.15, -0.1) is 0 Å². The maximum atomic E-state index is 14.8. The van der Waals surface area contributed by atoms with Gasteiger partial charge >= 0.3 is 6.03 Å². The van der Waals surface area contributed by atoms with E-state index in [9.17, 15) is 18.8 Å². The number of nitrogens with zero attached hydrogens (tertiary/aromatic N) is 3. The van der Waals surface area contributed by atoms with Gasteiger partial charge < -0.3 is 10.5 Å². The minimum Gasteiger partial charge on any atom is -0.497 e. The van der Waals surface area contributed by atoms with Crippen LogP contribution >= 0.6 is 0 Å². The summed E-state index contributed by atoms with van der Waals surface area (Å²) in [4.78, 5) is 42.4. The van der Waals surface area contributed by atoms with Crippen molar-refractivity contribution in [2.24, 2.45) is 5.73 Å². The summed E-state index contributed by atoms with van der Waals surface area (Å²) >= 11 is 0. The van der Waals surface area contributed by atoms with Crippen LogP contribution in [0.4, 0.5) is 14.9 Å². The standard InChI is InChI=1S/C32H37FN4O4/c1-21(38)37(32(2,3)4)36-28(23-13-9-14-25(33)17-23)18-24(22-11-7-6-8-12-22)19-29(30(36)39)35(31(34)40)26-15-10-16-27(20-26)41-5/h6-17,20,24,28-29H,18-19H2,1-5H3,(H2,34,40)/t24-,28?,29-/m1/s1. The Labute approximate surface area is 240 Å². The number of ether oxygens (including phenoxy) is 1. The Balaban J connectivity index is 1.98. The number of halogens is 1. The third kappa shape index (κ3) is 6.34. The minimum absolute atomic E-state index is 0.223. The van der Waals surface area contributed by atoms with Gasteiger partial charge in [0.2, 0.25) is 5.91 Å². The van der Waals surface area contributed by atoms with Gasteiger partial charge in [-0.25, -0.2) is 19.2 Å². The molecule has 8 nitrogen and oxygen atoms in total. The average Bonchev–Trinajstić information content (AvgIpc) is 3.06. The molecular weight excluding hydrogens is 523 g/mol. The number of urea groups is 1. The van der Waals surface area contributed by atoms with Crippen LogP contribution in [-0.2, 0) is 9.59 Å². The quantitative estimate of drug-likeness (QED) is 0.412. The van der Waals surface area contributed by atoms with Gasteiger partial charge in [0, 0.05) is 13.0 Å². The first-order chi connectivity index (χ1) is 19.4. The number of carbonyl (C=O) groups excluding carboxylic acids is 3. The van der Waals surface area contributed by atoms with Gasteiger partial charge in [-0.2, -0.15) is 0 Å². The van der Waals surface area contributed by atoms with Gasteiger partial charge in [0.15, 0.2) is 0 Å². The molecule has 0 spiro atoms. The highest BCUT2D eigenvalue weighted by Crippen LogP contribution is 2.43. The molecule has 0 aromatic heterocycles. The zero-order valence-electron chi connectivity index (χ0n) is 24.1. The number of hydrogen-bond donors (Lipinski definition) is 1. The molecule has 1 heterocycles. The summed E-state index contributed by atoms with van der Waals surface area (Å²) in [5.74, 6) is -1.07. The van der Waals surface area contributed by atoms with Crippen LogP contribution in [0.1, 0.15) is 63.6 Å². The van der Waals surface area contributed by atoms with Gasteiger partial charge in [-0.05, 0) is 74.9 Å². The van der Waals surface area contributed by atoms with Gasteiger partial charge in [0.1, 0.15) is 17.6 Å². The lowest BCUT2D eigenvalue weighted by atomic mass is 9.86. The molecule has 4 rings (SSSR count). The highest BCUT2D eigenvalue weighted by atomic mass is 19.1. The van der Waals surface area contributed by atoms with Crippen molar-refractivity contribution >= 4 is 23.5 Å². The van der Waals surface area contributed by atoms with E-state index in [2.05, 4.69) is 0 Å². The van der Waals surface area contributed by atoms with E-state index in [1.807, 2.05) is 51.1 Å². The van der Waals surface area contributed by atoms with Gasteiger partial charge in [0.25, 0.3) is 5.91 Å². The van der Waals surface area contributed by atoms with E-state index in [0.717, 1.165) is 5.56 Å². The molecule has 0 aliphatic carbocycles. The fraction of sp³-hybridized carbons (Fsp3) is 0.344. The molecule has 3 aromatic carbocycles. The van der Waals surface area contributed by atoms with E-state index in [1.165, 1.54) is 41.1 Å². The van der Waals surface area contributed by atoms with Crippen molar-refractivity contribution in [1.29, 1.82) is 0 Å². The van der Waals surface area contributed by atoms with Crippen LogP contribution in [0.25, 0.3) is 0 Å². The molecule has 216 valence electrons. The molecule has 1 fully saturated rings. The maximum absolute atomic E-state index is 14.8. The molecule has 1 saturated heterocycles. The number of anilines is 1. The number of hydrazine groups is 1. The van der Waals surface area contributed by atoms with Crippen LogP contribution in [0.5, 0.6) is 5.75 Å². The van der Waals surface area contributed by atoms with Gasteiger partial charge in [-0.1, -0.05) is 48.5 Å². The third-order valence-electron chi connectivity index (χ3n) is 7.36. The van der Waals surface area contributed by atoms with Crippen LogP contribution in [0.3, 0.4) is 0 Å². The van der Waals surface area contributed by atoms with Crippen molar-refractivity contribution in [2.45, 2.75) is 64.1 Å².